The van der Waals surface area contributed by atoms with Crippen molar-refractivity contribution < 1.29 is 4.79 Å². The fraction of sp³-hybridized carbons (Fsp3) is 0.818. The predicted octanol–water partition coefficient (Wildman–Crippen LogP) is 2.86. The topological polar surface area (TPSA) is 20.3 Å². The Bertz CT molecular complexity index is 223. The molecule has 0 bridgehead atoms. The van der Waals surface area contributed by atoms with Gasteiger partial charge < -0.3 is 4.90 Å². The molecule has 1 saturated heterocycles. The Morgan fingerprint density at radius 3 is 2.40 bits per heavy atom. The fourth-order valence-corrected chi connectivity index (χ4v) is 2.99. The van der Waals surface area contributed by atoms with Crippen molar-refractivity contribution in [3.05, 3.63) is 0 Å². The summed E-state index contributed by atoms with van der Waals surface area (Å²) in [6, 6.07) is 0. The molecule has 2 nitrogen and oxygen atoms in total. The third-order valence-corrected chi connectivity index (χ3v) is 4.07. The second kappa shape index (κ2) is 7.23. The van der Waals surface area contributed by atoms with Crippen LogP contribution in [0.15, 0.2) is 0 Å². The minimum absolute atomic E-state index is 0.251. The maximum absolute atomic E-state index is 10.8. The molecule has 0 aromatic carbocycles. The summed E-state index contributed by atoms with van der Waals surface area (Å²) in [7, 11) is 0. The molecule has 0 radical (unpaired) electrons. The highest BCUT2D eigenvalue weighted by molar-refractivity contribution is 8.22. The first-order valence-corrected chi connectivity index (χ1v) is 7.00. The maximum atomic E-state index is 10.8. The Hall–Kier alpha value is -0.0900. The average molecular weight is 245 g/mol. The first-order chi connectivity index (χ1) is 7.20. The van der Waals surface area contributed by atoms with E-state index in [1.165, 1.54) is 25.7 Å². The summed E-state index contributed by atoms with van der Waals surface area (Å²) in [5.74, 6) is 1.09. The number of rotatable bonds is 3. The number of nitrogens with zero attached hydrogens (tertiary/aromatic N) is 1. The summed E-state index contributed by atoms with van der Waals surface area (Å²) >= 11 is 7.02. The molecule has 1 heterocycles. The molecule has 1 fully saturated rings. The van der Waals surface area contributed by atoms with E-state index < -0.39 is 0 Å². The van der Waals surface area contributed by atoms with Crippen LogP contribution in [0.25, 0.3) is 0 Å². The number of Topliss-reactive ketones (excluding diaryl/α,β-unsaturated/α-hetero) is 1. The van der Waals surface area contributed by atoms with Gasteiger partial charge in [0.05, 0.1) is 0 Å². The third kappa shape index (κ3) is 5.52. The summed E-state index contributed by atoms with van der Waals surface area (Å²) in [5, 5.41) is 0. The zero-order valence-electron chi connectivity index (χ0n) is 9.33. The largest absolute Gasteiger partial charge is 0.358 e. The van der Waals surface area contributed by atoms with E-state index in [0.717, 1.165) is 23.2 Å². The van der Waals surface area contributed by atoms with Crippen molar-refractivity contribution in [3.8, 4) is 0 Å². The van der Waals surface area contributed by atoms with Gasteiger partial charge in [-0.25, -0.2) is 0 Å². The summed E-state index contributed by atoms with van der Waals surface area (Å²) in [6.07, 6.45) is 5.81. The number of ketones is 1. The van der Waals surface area contributed by atoms with Crippen molar-refractivity contribution in [1.29, 1.82) is 0 Å². The molecule has 0 N–H and O–H groups in total. The monoisotopic (exact) mass is 245 g/mol. The van der Waals surface area contributed by atoms with Crippen molar-refractivity contribution in [3.63, 3.8) is 0 Å². The lowest BCUT2D eigenvalue weighted by Crippen LogP contribution is -2.28. The van der Waals surface area contributed by atoms with E-state index in [0.29, 0.717) is 6.42 Å². The van der Waals surface area contributed by atoms with E-state index in [2.05, 4.69) is 4.90 Å². The Kier molecular flexibility index (Phi) is 6.25. The van der Waals surface area contributed by atoms with E-state index >= 15 is 0 Å². The molecule has 4 heteroatoms. The number of likely N-dealkylation sites (tertiary alicyclic amines) is 1. The number of hydrogen-bond donors (Lipinski definition) is 0. The highest BCUT2D eigenvalue weighted by Gasteiger charge is 2.12. The van der Waals surface area contributed by atoms with Crippen LogP contribution in [0, 0.1) is 0 Å². The molecule has 0 amide bonds. The van der Waals surface area contributed by atoms with Crippen LogP contribution in [-0.2, 0) is 4.79 Å². The van der Waals surface area contributed by atoms with Gasteiger partial charge in [-0.1, -0.05) is 36.8 Å². The molecule has 86 valence electrons. The highest BCUT2D eigenvalue weighted by atomic mass is 32.2. The SMILES string of the molecule is CC(=O)CCSC(=S)N1CCCCCC1. The standard InChI is InChI=1S/C11H19NOS2/c1-10(13)6-9-15-11(14)12-7-4-2-3-5-8-12/h2-9H2,1H3. The van der Waals surface area contributed by atoms with Gasteiger partial charge in [0.2, 0.25) is 0 Å². The van der Waals surface area contributed by atoms with Crippen LogP contribution >= 0.6 is 24.0 Å². The minimum Gasteiger partial charge on any atom is -0.358 e. The molecular formula is C11H19NOS2. The van der Waals surface area contributed by atoms with Crippen molar-refractivity contribution in [2.45, 2.75) is 39.0 Å². The maximum Gasteiger partial charge on any atom is 0.136 e. The van der Waals surface area contributed by atoms with E-state index in [1.807, 2.05) is 0 Å². The summed E-state index contributed by atoms with van der Waals surface area (Å²) < 4.78 is 0.984. The molecule has 0 atom stereocenters. The van der Waals surface area contributed by atoms with Gasteiger partial charge in [-0.15, -0.1) is 0 Å². The lowest BCUT2D eigenvalue weighted by molar-refractivity contribution is -0.116. The van der Waals surface area contributed by atoms with Gasteiger partial charge in [-0.05, 0) is 19.8 Å². The first-order valence-electron chi connectivity index (χ1n) is 5.61. The van der Waals surface area contributed by atoms with Gasteiger partial charge in [0.15, 0.2) is 0 Å². The quantitative estimate of drug-likeness (QED) is 0.712. The van der Waals surface area contributed by atoms with Gasteiger partial charge in [-0.3, -0.25) is 4.79 Å². The number of thioether (sulfide) groups is 1. The van der Waals surface area contributed by atoms with Gasteiger partial charge in [-0.2, -0.15) is 0 Å². The van der Waals surface area contributed by atoms with Crippen molar-refractivity contribution in [2.75, 3.05) is 18.8 Å². The molecule has 0 spiro atoms. The zero-order valence-corrected chi connectivity index (χ0v) is 11.0. The molecule has 15 heavy (non-hydrogen) atoms. The zero-order chi connectivity index (χ0) is 11.1. The average Bonchev–Trinajstić information content (AvgIpc) is 2.44. The second-order valence-electron chi connectivity index (χ2n) is 3.97. The van der Waals surface area contributed by atoms with E-state index in [4.69, 9.17) is 12.2 Å². The van der Waals surface area contributed by atoms with Crippen LogP contribution in [0.1, 0.15) is 39.0 Å². The van der Waals surface area contributed by atoms with E-state index in [-0.39, 0.29) is 5.78 Å². The van der Waals surface area contributed by atoms with Crippen LogP contribution in [0.3, 0.4) is 0 Å². The van der Waals surface area contributed by atoms with Crippen LogP contribution < -0.4 is 0 Å². The molecule has 0 aromatic heterocycles. The van der Waals surface area contributed by atoms with Gasteiger partial charge in [0.25, 0.3) is 0 Å². The Morgan fingerprint density at radius 1 is 1.27 bits per heavy atom. The molecule has 1 aliphatic rings. The number of carbonyl (C=O) groups is 1. The lowest BCUT2D eigenvalue weighted by Gasteiger charge is -2.22. The highest BCUT2D eigenvalue weighted by Crippen LogP contribution is 2.16. The Morgan fingerprint density at radius 2 is 1.87 bits per heavy atom. The molecule has 0 aromatic rings. The van der Waals surface area contributed by atoms with E-state index in [1.54, 1.807) is 18.7 Å². The van der Waals surface area contributed by atoms with Crippen molar-refractivity contribution >= 4 is 34.1 Å². The Balaban J connectivity index is 2.22. The Labute approximate surface area is 102 Å². The smallest absolute Gasteiger partial charge is 0.136 e. The summed E-state index contributed by atoms with van der Waals surface area (Å²) in [5.41, 5.74) is 0. The van der Waals surface area contributed by atoms with Gasteiger partial charge in [0, 0.05) is 25.3 Å². The molecule has 1 aliphatic heterocycles. The van der Waals surface area contributed by atoms with Crippen LogP contribution in [-0.4, -0.2) is 33.8 Å². The second-order valence-corrected chi connectivity index (χ2v) is 5.70. The normalized spacial score (nSPS) is 17.3. The van der Waals surface area contributed by atoms with Crippen molar-refractivity contribution in [2.24, 2.45) is 0 Å². The summed E-state index contributed by atoms with van der Waals surface area (Å²) in [6.45, 7) is 3.84. The van der Waals surface area contributed by atoms with Gasteiger partial charge in [0.1, 0.15) is 10.1 Å². The predicted molar refractivity (Wildman–Crippen MR) is 70.4 cm³/mol. The number of carbonyl (C=O) groups excluding carboxylic acids is 1. The van der Waals surface area contributed by atoms with E-state index in [9.17, 15) is 4.79 Å². The molecule has 1 rings (SSSR count). The molecule has 0 aliphatic carbocycles. The first kappa shape index (κ1) is 13.0. The molecular weight excluding hydrogens is 226 g/mol. The number of thiocarbonyl (C=S) groups is 1. The van der Waals surface area contributed by atoms with Crippen LogP contribution in [0.2, 0.25) is 0 Å². The molecule has 0 saturated carbocycles. The number of hydrogen-bond acceptors (Lipinski definition) is 3. The third-order valence-electron chi connectivity index (χ3n) is 2.54. The molecule has 0 unspecified atom stereocenters. The van der Waals surface area contributed by atoms with Crippen LogP contribution in [0.5, 0.6) is 0 Å². The van der Waals surface area contributed by atoms with Crippen molar-refractivity contribution in [1.82, 2.24) is 4.90 Å². The van der Waals surface area contributed by atoms with Gasteiger partial charge >= 0.3 is 0 Å². The lowest BCUT2D eigenvalue weighted by atomic mass is 10.2. The fourth-order valence-electron chi connectivity index (χ4n) is 1.63. The minimum atomic E-state index is 0.251. The van der Waals surface area contributed by atoms with Crippen LogP contribution in [0.4, 0.5) is 0 Å². The summed E-state index contributed by atoms with van der Waals surface area (Å²) in [4.78, 5) is 13.1.